The molecule has 0 bridgehead atoms. The number of fused-ring (bicyclic) bond motifs is 1. The lowest BCUT2D eigenvalue weighted by molar-refractivity contribution is 0.0197. The highest BCUT2D eigenvalue weighted by atomic mass is 16.5. The zero-order valence-corrected chi connectivity index (χ0v) is 11.9. The maximum absolute atomic E-state index is 10.3. The first-order valence-electron chi connectivity index (χ1n) is 6.76. The van der Waals surface area contributed by atoms with E-state index in [-0.39, 0.29) is 29.4 Å². The van der Waals surface area contributed by atoms with Gasteiger partial charge in [-0.05, 0) is 17.7 Å². The van der Waals surface area contributed by atoms with Gasteiger partial charge in [0.15, 0.2) is 11.5 Å². The molecule has 1 aliphatic heterocycles. The van der Waals surface area contributed by atoms with Gasteiger partial charge in [0.2, 0.25) is 0 Å². The molecule has 6 heteroatoms. The summed E-state index contributed by atoms with van der Waals surface area (Å²) in [5.41, 5.74) is 1.07. The van der Waals surface area contributed by atoms with Crippen LogP contribution in [0.1, 0.15) is 17.2 Å². The SMILES string of the molecule is COc1cc([C@H]2Oc3cc(O)cc(O)c3C[C@@H]2O)ccc1O. The van der Waals surface area contributed by atoms with E-state index in [1.807, 2.05) is 0 Å². The topological polar surface area (TPSA) is 99.4 Å². The molecule has 1 heterocycles. The fraction of sp³-hybridized carbons (Fsp3) is 0.250. The van der Waals surface area contributed by atoms with Crippen LogP contribution in [0.15, 0.2) is 30.3 Å². The van der Waals surface area contributed by atoms with E-state index < -0.39 is 12.2 Å². The van der Waals surface area contributed by atoms with Crippen LogP contribution in [-0.2, 0) is 6.42 Å². The molecule has 0 saturated heterocycles. The molecule has 3 rings (SSSR count). The molecule has 116 valence electrons. The van der Waals surface area contributed by atoms with Crippen molar-refractivity contribution in [2.45, 2.75) is 18.6 Å². The Morgan fingerprint density at radius 2 is 1.86 bits per heavy atom. The maximum atomic E-state index is 10.3. The lowest BCUT2D eigenvalue weighted by Gasteiger charge is -2.31. The number of hydrogen-bond acceptors (Lipinski definition) is 6. The highest BCUT2D eigenvalue weighted by Gasteiger charge is 2.32. The molecule has 0 unspecified atom stereocenters. The Morgan fingerprint density at radius 3 is 2.59 bits per heavy atom. The van der Waals surface area contributed by atoms with E-state index in [0.717, 1.165) is 0 Å². The standard InChI is InChI=1S/C16H16O6/c1-21-15-4-8(2-3-11(15)18)16-13(20)7-10-12(19)5-9(17)6-14(10)22-16/h2-6,13,16-20H,7H2,1H3/t13-,16+/m0/s1. The number of ether oxygens (including phenoxy) is 2. The molecule has 2 aromatic rings. The second-order valence-electron chi connectivity index (χ2n) is 5.18. The van der Waals surface area contributed by atoms with E-state index >= 15 is 0 Å². The summed E-state index contributed by atoms with van der Waals surface area (Å²) >= 11 is 0. The van der Waals surface area contributed by atoms with Crippen molar-refractivity contribution in [3.63, 3.8) is 0 Å². The Balaban J connectivity index is 1.99. The normalized spacial score (nSPS) is 20.1. The monoisotopic (exact) mass is 304 g/mol. The third kappa shape index (κ3) is 2.37. The summed E-state index contributed by atoms with van der Waals surface area (Å²) in [6.45, 7) is 0. The largest absolute Gasteiger partial charge is 0.508 e. The summed E-state index contributed by atoms with van der Waals surface area (Å²) in [6.07, 6.45) is -1.38. The molecule has 0 aliphatic carbocycles. The van der Waals surface area contributed by atoms with Crippen molar-refractivity contribution < 1.29 is 29.9 Å². The zero-order chi connectivity index (χ0) is 15.9. The number of rotatable bonds is 2. The minimum atomic E-state index is -0.878. The van der Waals surface area contributed by atoms with Crippen LogP contribution < -0.4 is 9.47 Å². The lowest BCUT2D eigenvalue weighted by atomic mass is 9.94. The summed E-state index contributed by atoms with van der Waals surface area (Å²) in [7, 11) is 1.43. The van der Waals surface area contributed by atoms with Gasteiger partial charge in [0.1, 0.15) is 23.4 Å². The van der Waals surface area contributed by atoms with Crippen molar-refractivity contribution in [3.05, 3.63) is 41.5 Å². The molecule has 0 radical (unpaired) electrons. The third-order valence-corrected chi connectivity index (χ3v) is 3.72. The van der Waals surface area contributed by atoms with Crippen molar-refractivity contribution in [3.8, 4) is 28.7 Å². The van der Waals surface area contributed by atoms with Crippen molar-refractivity contribution in [1.29, 1.82) is 0 Å². The first kappa shape index (κ1) is 14.3. The van der Waals surface area contributed by atoms with Gasteiger partial charge >= 0.3 is 0 Å². The summed E-state index contributed by atoms with van der Waals surface area (Å²) < 4.78 is 10.8. The van der Waals surface area contributed by atoms with Gasteiger partial charge in [-0.3, -0.25) is 0 Å². The van der Waals surface area contributed by atoms with E-state index in [9.17, 15) is 20.4 Å². The van der Waals surface area contributed by atoms with Crippen molar-refractivity contribution in [2.75, 3.05) is 7.11 Å². The number of aromatic hydroxyl groups is 3. The van der Waals surface area contributed by atoms with Gasteiger partial charge in [-0.2, -0.15) is 0 Å². The average Bonchev–Trinajstić information content (AvgIpc) is 2.48. The van der Waals surface area contributed by atoms with Gasteiger partial charge in [-0.15, -0.1) is 0 Å². The van der Waals surface area contributed by atoms with Crippen molar-refractivity contribution in [2.24, 2.45) is 0 Å². The maximum Gasteiger partial charge on any atom is 0.160 e. The van der Waals surface area contributed by atoms with Crippen LogP contribution in [0.25, 0.3) is 0 Å². The van der Waals surface area contributed by atoms with E-state index in [1.165, 1.54) is 25.3 Å². The number of hydrogen-bond donors (Lipinski definition) is 4. The average molecular weight is 304 g/mol. The Morgan fingerprint density at radius 1 is 1.09 bits per heavy atom. The lowest BCUT2D eigenvalue weighted by Crippen LogP contribution is -2.30. The number of aliphatic hydroxyl groups is 1. The second-order valence-corrected chi connectivity index (χ2v) is 5.18. The Bertz CT molecular complexity index is 712. The number of aliphatic hydroxyl groups excluding tert-OH is 1. The van der Waals surface area contributed by atoms with E-state index in [2.05, 4.69) is 0 Å². The number of benzene rings is 2. The van der Waals surface area contributed by atoms with Crippen molar-refractivity contribution >= 4 is 0 Å². The van der Waals surface area contributed by atoms with Crippen LogP contribution in [0.4, 0.5) is 0 Å². The molecule has 4 N–H and O–H groups in total. The van der Waals surface area contributed by atoms with Gasteiger partial charge in [0, 0.05) is 24.1 Å². The second kappa shape index (κ2) is 5.31. The molecule has 0 fully saturated rings. The highest BCUT2D eigenvalue weighted by Crippen LogP contribution is 2.42. The van der Waals surface area contributed by atoms with E-state index in [4.69, 9.17) is 9.47 Å². The third-order valence-electron chi connectivity index (χ3n) is 3.72. The van der Waals surface area contributed by atoms with Crippen molar-refractivity contribution in [1.82, 2.24) is 0 Å². The Labute approximate surface area is 126 Å². The van der Waals surface area contributed by atoms with Crippen LogP contribution in [0.5, 0.6) is 28.7 Å². The smallest absolute Gasteiger partial charge is 0.160 e. The fourth-order valence-corrected chi connectivity index (χ4v) is 2.62. The number of phenolic OH excluding ortho intramolecular Hbond substituents is 3. The first-order chi connectivity index (χ1) is 10.5. The molecule has 6 nitrogen and oxygen atoms in total. The van der Waals surface area contributed by atoms with Crippen LogP contribution in [0.3, 0.4) is 0 Å². The molecule has 0 saturated carbocycles. The van der Waals surface area contributed by atoms with Gasteiger partial charge < -0.3 is 29.9 Å². The van der Waals surface area contributed by atoms with E-state index in [0.29, 0.717) is 16.9 Å². The molecular weight excluding hydrogens is 288 g/mol. The van der Waals surface area contributed by atoms with E-state index in [1.54, 1.807) is 12.1 Å². The number of phenols is 3. The van der Waals surface area contributed by atoms with Gasteiger partial charge in [-0.25, -0.2) is 0 Å². The predicted octanol–water partition coefficient (Wildman–Crippen LogP) is 1.85. The van der Waals surface area contributed by atoms with Gasteiger partial charge in [0.25, 0.3) is 0 Å². The summed E-state index contributed by atoms with van der Waals surface area (Å²) in [6, 6.07) is 7.26. The Kier molecular flexibility index (Phi) is 3.46. The molecule has 1 aliphatic rings. The summed E-state index contributed by atoms with van der Waals surface area (Å²) in [4.78, 5) is 0. The molecular formula is C16H16O6. The molecule has 0 amide bonds. The highest BCUT2D eigenvalue weighted by molar-refractivity contribution is 5.52. The van der Waals surface area contributed by atoms with Crippen LogP contribution >= 0.6 is 0 Å². The van der Waals surface area contributed by atoms with Gasteiger partial charge in [-0.1, -0.05) is 6.07 Å². The zero-order valence-electron chi connectivity index (χ0n) is 11.9. The summed E-state index contributed by atoms with van der Waals surface area (Å²) in [5, 5.41) is 39.3. The van der Waals surface area contributed by atoms with Crippen LogP contribution in [0.2, 0.25) is 0 Å². The first-order valence-corrected chi connectivity index (χ1v) is 6.76. The minimum Gasteiger partial charge on any atom is -0.508 e. The molecule has 22 heavy (non-hydrogen) atoms. The fourth-order valence-electron chi connectivity index (χ4n) is 2.62. The van der Waals surface area contributed by atoms with Crippen LogP contribution in [0, 0.1) is 0 Å². The van der Waals surface area contributed by atoms with Gasteiger partial charge in [0.05, 0.1) is 13.2 Å². The Hall–Kier alpha value is -2.60. The summed E-state index contributed by atoms with van der Waals surface area (Å²) in [5.74, 6) is 0.357. The predicted molar refractivity (Wildman–Crippen MR) is 77.5 cm³/mol. The van der Waals surface area contributed by atoms with Crippen LogP contribution in [-0.4, -0.2) is 33.6 Å². The minimum absolute atomic E-state index is 0.00719. The number of methoxy groups -OCH3 is 1. The molecule has 0 aromatic heterocycles. The quantitative estimate of drug-likeness (QED) is 0.676. The molecule has 0 spiro atoms. The molecule has 2 aromatic carbocycles. The molecule has 2 atom stereocenters.